The Morgan fingerprint density at radius 2 is 1.89 bits per heavy atom. The summed E-state index contributed by atoms with van der Waals surface area (Å²) in [7, 11) is -3.08. The summed E-state index contributed by atoms with van der Waals surface area (Å²) in [5.74, 6) is -0.898. The Labute approximate surface area is 212 Å². The maximum Gasteiger partial charge on any atom is 0.387 e. The molecular formula is C24H30F4N4O4S. The summed E-state index contributed by atoms with van der Waals surface area (Å²) in [6.45, 7) is 2.44. The number of fused-ring (bicyclic) bond motifs is 1. The largest absolute Gasteiger partial charge is 0.433 e. The summed E-state index contributed by atoms with van der Waals surface area (Å²) in [6.07, 6.45) is -0.345. The number of hydrogen-bond donors (Lipinski definition) is 1. The van der Waals surface area contributed by atoms with Gasteiger partial charge < -0.3 is 10.1 Å². The Kier molecular flexibility index (Phi) is 7.55. The van der Waals surface area contributed by atoms with E-state index in [2.05, 4.69) is 20.1 Å². The third-order valence-corrected chi connectivity index (χ3v) is 8.75. The van der Waals surface area contributed by atoms with Crippen LogP contribution in [0.15, 0.2) is 12.3 Å². The zero-order valence-corrected chi connectivity index (χ0v) is 21.6. The predicted octanol–water partition coefficient (Wildman–Crippen LogP) is 4.25. The molecule has 204 valence electrons. The van der Waals surface area contributed by atoms with Crippen molar-refractivity contribution in [3.05, 3.63) is 29.2 Å². The number of ether oxygens (including phenoxy) is 1. The summed E-state index contributed by atoms with van der Waals surface area (Å²) >= 11 is 0. The monoisotopic (exact) mass is 546 g/mol. The number of nitrogens with one attached hydrogen (secondary N) is 1. The van der Waals surface area contributed by atoms with Crippen molar-refractivity contribution < 1.29 is 35.5 Å². The van der Waals surface area contributed by atoms with Crippen molar-refractivity contribution in [2.45, 2.75) is 77.5 Å². The van der Waals surface area contributed by atoms with E-state index < -0.39 is 40.0 Å². The number of alkyl halides is 4. The highest BCUT2D eigenvalue weighted by atomic mass is 32.2. The van der Waals surface area contributed by atoms with E-state index in [1.165, 1.54) is 0 Å². The number of amides is 1. The normalized spacial score (nSPS) is 20.8. The molecule has 1 N–H and O–H groups in total. The SMILES string of the molecule is CC(C)n1nc(-c2cc(OC(F)F)cnc2C(F)F)c2c1C[C@H](C(=O)NC1(C)CCS(=O)(=O)CC1)CC2. The van der Waals surface area contributed by atoms with Gasteiger partial charge in [-0.15, -0.1) is 0 Å². The van der Waals surface area contributed by atoms with E-state index >= 15 is 0 Å². The van der Waals surface area contributed by atoms with Crippen LogP contribution in [0.2, 0.25) is 0 Å². The molecule has 4 rings (SSSR count). The van der Waals surface area contributed by atoms with Crippen LogP contribution in [0, 0.1) is 5.92 Å². The maximum atomic E-state index is 13.8. The van der Waals surface area contributed by atoms with E-state index in [9.17, 15) is 30.8 Å². The third-order valence-electron chi connectivity index (χ3n) is 7.10. The molecule has 37 heavy (non-hydrogen) atoms. The van der Waals surface area contributed by atoms with Crippen LogP contribution in [-0.2, 0) is 27.5 Å². The fraction of sp³-hybridized carbons (Fsp3) is 0.625. The standard InChI is InChI=1S/C24H30F4N4O4S/c1-13(2)32-18-10-14(22(33)30-24(3)6-8-37(34,35)9-7-24)4-5-16(18)19(31-32)17-11-15(36-23(27)28)12-29-20(17)21(25)26/h11-14,21,23H,4-10H2,1-3H3,(H,30,33)/t14-/m1/s1. The molecule has 13 heteroatoms. The van der Waals surface area contributed by atoms with Crippen LogP contribution in [-0.4, -0.2) is 52.7 Å². The molecule has 3 heterocycles. The molecule has 1 aliphatic heterocycles. The molecule has 0 saturated carbocycles. The van der Waals surface area contributed by atoms with Gasteiger partial charge in [0.2, 0.25) is 5.91 Å². The molecule has 0 aromatic carbocycles. The zero-order chi connectivity index (χ0) is 27.1. The van der Waals surface area contributed by atoms with Gasteiger partial charge in [0.15, 0.2) is 0 Å². The Morgan fingerprint density at radius 1 is 1.22 bits per heavy atom. The molecule has 2 aromatic heterocycles. The van der Waals surface area contributed by atoms with Crippen LogP contribution < -0.4 is 10.1 Å². The predicted molar refractivity (Wildman–Crippen MR) is 127 cm³/mol. The Morgan fingerprint density at radius 3 is 2.49 bits per heavy atom. The average molecular weight is 547 g/mol. The third kappa shape index (κ3) is 5.91. The quantitative estimate of drug-likeness (QED) is 0.521. The first-order valence-electron chi connectivity index (χ1n) is 12.1. The summed E-state index contributed by atoms with van der Waals surface area (Å²) in [5.41, 5.74) is 0.323. The second kappa shape index (κ2) is 10.2. The fourth-order valence-electron chi connectivity index (χ4n) is 5.00. The number of halogens is 4. The molecule has 0 radical (unpaired) electrons. The van der Waals surface area contributed by atoms with Gasteiger partial charge in [0, 0.05) is 40.7 Å². The maximum absolute atomic E-state index is 13.8. The van der Waals surface area contributed by atoms with E-state index in [4.69, 9.17) is 0 Å². The van der Waals surface area contributed by atoms with Crippen molar-refractivity contribution >= 4 is 15.7 Å². The van der Waals surface area contributed by atoms with Crippen LogP contribution in [0.25, 0.3) is 11.3 Å². The number of nitrogens with zero attached hydrogens (tertiary/aromatic N) is 3. The Bertz CT molecular complexity index is 1270. The van der Waals surface area contributed by atoms with E-state index in [1.54, 1.807) is 4.68 Å². The number of carbonyl (C=O) groups is 1. The van der Waals surface area contributed by atoms with Crippen molar-refractivity contribution in [2.24, 2.45) is 5.92 Å². The van der Waals surface area contributed by atoms with Crippen LogP contribution in [0.5, 0.6) is 5.75 Å². The van der Waals surface area contributed by atoms with Gasteiger partial charge in [-0.05, 0) is 52.5 Å². The lowest BCUT2D eigenvalue weighted by Gasteiger charge is -2.36. The van der Waals surface area contributed by atoms with Crippen molar-refractivity contribution in [3.63, 3.8) is 0 Å². The molecule has 0 spiro atoms. The van der Waals surface area contributed by atoms with Gasteiger partial charge in [0.25, 0.3) is 6.43 Å². The molecule has 1 fully saturated rings. The van der Waals surface area contributed by atoms with Crippen molar-refractivity contribution in [1.29, 1.82) is 0 Å². The lowest BCUT2D eigenvalue weighted by molar-refractivity contribution is -0.127. The average Bonchev–Trinajstić information content (AvgIpc) is 3.20. The molecule has 0 bridgehead atoms. The summed E-state index contributed by atoms with van der Waals surface area (Å²) in [6, 6.07) is 0.943. The van der Waals surface area contributed by atoms with E-state index in [1.807, 2.05) is 20.8 Å². The molecule has 1 atom stereocenters. The van der Waals surface area contributed by atoms with Gasteiger partial charge >= 0.3 is 6.61 Å². The minimum absolute atomic E-state index is 0.0247. The van der Waals surface area contributed by atoms with Crippen molar-refractivity contribution in [2.75, 3.05) is 11.5 Å². The first-order chi connectivity index (χ1) is 17.3. The summed E-state index contributed by atoms with van der Waals surface area (Å²) in [5, 5.41) is 7.61. The first-order valence-corrected chi connectivity index (χ1v) is 14.0. The number of pyridine rings is 1. The molecule has 1 amide bonds. The van der Waals surface area contributed by atoms with Gasteiger partial charge in [-0.3, -0.25) is 14.5 Å². The van der Waals surface area contributed by atoms with Crippen LogP contribution in [0.4, 0.5) is 17.6 Å². The van der Waals surface area contributed by atoms with Gasteiger partial charge in [0.1, 0.15) is 21.3 Å². The number of rotatable bonds is 7. The van der Waals surface area contributed by atoms with Gasteiger partial charge in [0.05, 0.1) is 23.4 Å². The van der Waals surface area contributed by atoms with Crippen LogP contribution >= 0.6 is 0 Å². The molecule has 0 unspecified atom stereocenters. The zero-order valence-electron chi connectivity index (χ0n) is 20.8. The highest BCUT2D eigenvalue weighted by molar-refractivity contribution is 7.91. The molecule has 2 aromatic rings. The van der Waals surface area contributed by atoms with Crippen LogP contribution in [0.1, 0.15) is 69.5 Å². The topological polar surface area (TPSA) is 103 Å². The Balaban J connectivity index is 1.64. The highest BCUT2D eigenvalue weighted by Gasteiger charge is 2.38. The van der Waals surface area contributed by atoms with Gasteiger partial charge in [-0.2, -0.15) is 13.9 Å². The van der Waals surface area contributed by atoms with E-state index in [-0.39, 0.29) is 40.5 Å². The molecule has 8 nitrogen and oxygen atoms in total. The Hall–Kier alpha value is -2.70. The molecule has 1 aliphatic carbocycles. The van der Waals surface area contributed by atoms with Crippen LogP contribution in [0.3, 0.4) is 0 Å². The molecule has 1 saturated heterocycles. The second-order valence-electron chi connectivity index (χ2n) is 10.2. The molecular weight excluding hydrogens is 516 g/mol. The minimum atomic E-state index is -3.14. The molecule has 2 aliphatic rings. The van der Waals surface area contributed by atoms with Gasteiger partial charge in [-0.25, -0.2) is 17.2 Å². The first kappa shape index (κ1) is 27.3. The lowest BCUT2D eigenvalue weighted by Crippen LogP contribution is -2.53. The fourth-order valence-corrected chi connectivity index (χ4v) is 6.73. The number of carbonyl (C=O) groups excluding carboxylic acids is 1. The number of sulfone groups is 1. The number of hydrogen-bond acceptors (Lipinski definition) is 6. The lowest BCUT2D eigenvalue weighted by atomic mass is 9.84. The van der Waals surface area contributed by atoms with Crippen molar-refractivity contribution in [1.82, 2.24) is 20.1 Å². The van der Waals surface area contributed by atoms with E-state index in [0.717, 1.165) is 12.3 Å². The second-order valence-corrected chi connectivity index (χ2v) is 12.5. The number of aromatic nitrogens is 3. The minimum Gasteiger partial charge on any atom is -0.433 e. The summed E-state index contributed by atoms with van der Waals surface area (Å²) in [4.78, 5) is 16.9. The van der Waals surface area contributed by atoms with Gasteiger partial charge in [-0.1, -0.05) is 0 Å². The van der Waals surface area contributed by atoms with Crippen molar-refractivity contribution in [3.8, 4) is 17.0 Å². The summed E-state index contributed by atoms with van der Waals surface area (Å²) < 4.78 is 82.8. The highest BCUT2D eigenvalue weighted by Crippen LogP contribution is 2.39. The van der Waals surface area contributed by atoms with E-state index in [0.29, 0.717) is 43.4 Å². The smallest absolute Gasteiger partial charge is 0.387 e.